The van der Waals surface area contributed by atoms with Crippen molar-refractivity contribution in [3.63, 3.8) is 0 Å². The van der Waals surface area contributed by atoms with Gasteiger partial charge in [-0.2, -0.15) is 0 Å². The highest BCUT2D eigenvalue weighted by atomic mass is 16.5. The maximum atomic E-state index is 10.1. The van der Waals surface area contributed by atoms with Crippen LogP contribution >= 0.6 is 0 Å². The summed E-state index contributed by atoms with van der Waals surface area (Å²) in [7, 11) is 1.68. The molecular formula is C19H33NO3. The van der Waals surface area contributed by atoms with Gasteiger partial charge < -0.3 is 20.7 Å². The Hall–Kier alpha value is -1.10. The molecule has 4 N–H and O–H groups in total. The van der Waals surface area contributed by atoms with E-state index in [0.29, 0.717) is 18.9 Å². The molecule has 132 valence electrons. The summed E-state index contributed by atoms with van der Waals surface area (Å²) in [6.07, 6.45) is 6.38. The van der Waals surface area contributed by atoms with Crippen LogP contribution in [0.1, 0.15) is 62.7 Å². The van der Waals surface area contributed by atoms with Gasteiger partial charge in [0.25, 0.3) is 0 Å². The first-order valence-electron chi connectivity index (χ1n) is 8.82. The fourth-order valence-corrected chi connectivity index (χ4v) is 3.11. The number of hydrogen-bond acceptors (Lipinski definition) is 4. The zero-order valence-electron chi connectivity index (χ0n) is 14.6. The van der Waals surface area contributed by atoms with Crippen LogP contribution in [0.4, 0.5) is 0 Å². The summed E-state index contributed by atoms with van der Waals surface area (Å²) in [5.41, 5.74) is 7.59. The van der Waals surface area contributed by atoms with E-state index in [4.69, 9.17) is 15.6 Å². The van der Waals surface area contributed by atoms with Gasteiger partial charge in [0.15, 0.2) is 0 Å². The molecular weight excluding hydrogens is 290 g/mol. The van der Waals surface area contributed by atoms with E-state index >= 15 is 0 Å². The lowest BCUT2D eigenvalue weighted by atomic mass is 9.90. The molecule has 1 rings (SSSR count). The number of aliphatic hydroxyl groups excluding tert-OH is 2. The molecule has 1 aromatic carbocycles. The third kappa shape index (κ3) is 6.90. The third-order valence-electron chi connectivity index (χ3n) is 4.42. The highest BCUT2D eigenvalue weighted by Crippen LogP contribution is 2.28. The fourth-order valence-electron chi connectivity index (χ4n) is 3.11. The van der Waals surface area contributed by atoms with Crippen LogP contribution in [0.15, 0.2) is 18.2 Å². The van der Waals surface area contributed by atoms with Gasteiger partial charge in [0.05, 0.1) is 13.2 Å². The van der Waals surface area contributed by atoms with E-state index < -0.39 is 6.10 Å². The van der Waals surface area contributed by atoms with Gasteiger partial charge in [-0.25, -0.2) is 0 Å². The molecule has 0 radical (unpaired) electrons. The van der Waals surface area contributed by atoms with Crippen molar-refractivity contribution in [2.24, 2.45) is 11.7 Å². The summed E-state index contributed by atoms with van der Waals surface area (Å²) < 4.78 is 5.47. The lowest BCUT2D eigenvalue weighted by molar-refractivity contribution is 0.170. The summed E-state index contributed by atoms with van der Waals surface area (Å²) >= 11 is 0. The lowest BCUT2D eigenvalue weighted by Crippen LogP contribution is -2.08. The minimum Gasteiger partial charge on any atom is -0.496 e. The first-order chi connectivity index (χ1) is 11.2. The second-order valence-electron chi connectivity index (χ2n) is 6.22. The zero-order valence-corrected chi connectivity index (χ0v) is 14.6. The van der Waals surface area contributed by atoms with Crippen LogP contribution in [0.3, 0.4) is 0 Å². The molecule has 0 aliphatic rings. The van der Waals surface area contributed by atoms with Gasteiger partial charge >= 0.3 is 0 Å². The molecule has 0 heterocycles. The molecule has 0 saturated heterocycles. The van der Waals surface area contributed by atoms with Crippen LogP contribution in [0.25, 0.3) is 0 Å². The molecule has 4 heteroatoms. The Labute approximate surface area is 140 Å². The molecule has 0 aromatic heterocycles. The Morgan fingerprint density at radius 1 is 1.17 bits per heavy atom. The smallest absolute Gasteiger partial charge is 0.122 e. The van der Waals surface area contributed by atoms with E-state index in [1.54, 1.807) is 7.11 Å². The van der Waals surface area contributed by atoms with Crippen LogP contribution in [-0.2, 0) is 6.42 Å². The molecule has 1 aromatic rings. The first kappa shape index (κ1) is 19.9. The molecule has 0 aliphatic heterocycles. The molecule has 0 amide bonds. The molecule has 0 saturated carbocycles. The van der Waals surface area contributed by atoms with E-state index in [9.17, 15) is 5.11 Å². The highest BCUT2D eigenvalue weighted by molar-refractivity contribution is 5.38. The standard InChI is InChI=1S/C19H33NO3/c1-3-5-15(6-4-13-21)7-8-17-14-16(18(22)11-12-20)9-10-19(17)23-2/h9-10,14-15,18,21-22H,3-8,11-13,20H2,1-2H3. The Bertz CT molecular complexity index is 437. The number of benzene rings is 1. The van der Waals surface area contributed by atoms with Crippen LogP contribution in [0, 0.1) is 5.92 Å². The van der Waals surface area contributed by atoms with E-state index in [-0.39, 0.29) is 6.61 Å². The fraction of sp³-hybridized carbons (Fsp3) is 0.684. The molecule has 2 atom stereocenters. The summed E-state index contributed by atoms with van der Waals surface area (Å²) in [4.78, 5) is 0. The molecule has 0 spiro atoms. The summed E-state index contributed by atoms with van der Waals surface area (Å²) in [6.45, 7) is 2.95. The van der Waals surface area contributed by atoms with Gasteiger partial charge in [-0.3, -0.25) is 0 Å². The number of aryl methyl sites for hydroxylation is 1. The predicted octanol–water partition coefficient (Wildman–Crippen LogP) is 3.20. The van der Waals surface area contributed by atoms with Crippen molar-refractivity contribution in [2.75, 3.05) is 20.3 Å². The Morgan fingerprint density at radius 2 is 1.96 bits per heavy atom. The van der Waals surface area contributed by atoms with E-state index in [1.807, 2.05) is 18.2 Å². The number of methoxy groups -OCH3 is 1. The number of nitrogens with two attached hydrogens (primary N) is 1. The first-order valence-corrected chi connectivity index (χ1v) is 8.82. The van der Waals surface area contributed by atoms with Crippen molar-refractivity contribution in [3.8, 4) is 5.75 Å². The van der Waals surface area contributed by atoms with Gasteiger partial charge in [-0.1, -0.05) is 25.8 Å². The Kier molecular flexibility index (Phi) is 9.92. The average Bonchev–Trinajstić information content (AvgIpc) is 2.57. The quantitative estimate of drug-likeness (QED) is 0.552. The zero-order chi connectivity index (χ0) is 17.1. The second-order valence-corrected chi connectivity index (χ2v) is 6.22. The summed E-state index contributed by atoms with van der Waals surface area (Å²) in [6, 6.07) is 5.90. The van der Waals surface area contributed by atoms with Crippen molar-refractivity contribution in [1.29, 1.82) is 0 Å². The van der Waals surface area contributed by atoms with Gasteiger partial charge in [0.1, 0.15) is 5.75 Å². The normalized spacial score (nSPS) is 13.8. The molecule has 4 nitrogen and oxygen atoms in total. The average molecular weight is 323 g/mol. The van der Waals surface area contributed by atoms with E-state index in [0.717, 1.165) is 42.6 Å². The Balaban J connectivity index is 2.77. The van der Waals surface area contributed by atoms with Crippen molar-refractivity contribution in [2.45, 2.75) is 58.0 Å². The minimum absolute atomic E-state index is 0.268. The van der Waals surface area contributed by atoms with Gasteiger partial charge in [0, 0.05) is 6.61 Å². The largest absolute Gasteiger partial charge is 0.496 e. The van der Waals surface area contributed by atoms with Gasteiger partial charge in [-0.15, -0.1) is 0 Å². The number of hydrogen-bond donors (Lipinski definition) is 3. The number of aliphatic hydroxyl groups is 2. The molecule has 23 heavy (non-hydrogen) atoms. The van der Waals surface area contributed by atoms with Crippen LogP contribution in [0.5, 0.6) is 5.75 Å². The third-order valence-corrected chi connectivity index (χ3v) is 4.42. The van der Waals surface area contributed by atoms with Gasteiger partial charge in [-0.05, 0) is 67.8 Å². The Morgan fingerprint density at radius 3 is 2.57 bits per heavy atom. The lowest BCUT2D eigenvalue weighted by Gasteiger charge is -2.18. The topological polar surface area (TPSA) is 75.7 Å². The monoisotopic (exact) mass is 323 g/mol. The van der Waals surface area contributed by atoms with Gasteiger partial charge in [0.2, 0.25) is 0 Å². The molecule has 2 unspecified atom stereocenters. The second kappa shape index (κ2) is 11.4. The minimum atomic E-state index is -0.509. The van der Waals surface area contributed by atoms with Crippen molar-refractivity contribution in [1.82, 2.24) is 0 Å². The number of rotatable bonds is 12. The van der Waals surface area contributed by atoms with Crippen LogP contribution in [-0.4, -0.2) is 30.5 Å². The molecule has 0 aliphatic carbocycles. The maximum absolute atomic E-state index is 10.1. The highest BCUT2D eigenvalue weighted by Gasteiger charge is 2.13. The van der Waals surface area contributed by atoms with Crippen LogP contribution < -0.4 is 10.5 Å². The number of ether oxygens (including phenoxy) is 1. The van der Waals surface area contributed by atoms with Crippen molar-refractivity contribution < 1.29 is 14.9 Å². The van der Waals surface area contributed by atoms with E-state index in [2.05, 4.69) is 6.92 Å². The molecule has 0 bridgehead atoms. The van der Waals surface area contributed by atoms with Crippen molar-refractivity contribution in [3.05, 3.63) is 29.3 Å². The molecule has 0 fully saturated rings. The van der Waals surface area contributed by atoms with Crippen LogP contribution in [0.2, 0.25) is 0 Å². The maximum Gasteiger partial charge on any atom is 0.122 e. The van der Waals surface area contributed by atoms with Crippen molar-refractivity contribution >= 4 is 0 Å². The van der Waals surface area contributed by atoms with E-state index in [1.165, 1.54) is 12.8 Å². The SMILES string of the molecule is CCCC(CCCO)CCc1cc(C(O)CCN)ccc1OC. The predicted molar refractivity (Wildman–Crippen MR) is 94.7 cm³/mol. The summed E-state index contributed by atoms with van der Waals surface area (Å²) in [5, 5.41) is 19.2. The summed E-state index contributed by atoms with van der Waals surface area (Å²) in [5.74, 6) is 1.51.